The molecule has 0 saturated heterocycles. The number of benzene rings is 1. The maximum absolute atomic E-state index is 2.33. The van der Waals surface area contributed by atoms with Crippen LogP contribution in [-0.4, -0.2) is 13.6 Å². The van der Waals surface area contributed by atoms with Crippen LogP contribution in [0.3, 0.4) is 0 Å². The number of nitrogens with zero attached hydrogens (tertiary/aromatic N) is 1. The topological polar surface area (TPSA) is 3.24 Å². The first-order valence-electron chi connectivity index (χ1n) is 6.42. The van der Waals surface area contributed by atoms with Gasteiger partial charge in [-0.25, -0.2) is 0 Å². The third kappa shape index (κ3) is 3.01. The zero-order valence-electron chi connectivity index (χ0n) is 12.0. The highest BCUT2D eigenvalue weighted by molar-refractivity contribution is 5.61. The van der Waals surface area contributed by atoms with E-state index in [-0.39, 0.29) is 0 Å². The molecule has 0 bridgehead atoms. The van der Waals surface area contributed by atoms with Gasteiger partial charge >= 0.3 is 0 Å². The molecule has 1 heterocycles. The molecule has 92 valence electrons. The number of fused-ring (bicyclic) bond motifs is 1. The van der Waals surface area contributed by atoms with E-state index in [4.69, 9.17) is 0 Å². The molecule has 0 amide bonds. The van der Waals surface area contributed by atoms with Gasteiger partial charge < -0.3 is 4.90 Å². The zero-order chi connectivity index (χ0) is 12.8. The Kier molecular flexibility index (Phi) is 6.17. The molecule has 1 nitrogen and oxygen atoms in total. The largest absolute Gasteiger partial charge is 0.373 e. The molecule has 1 aliphatic rings. The van der Waals surface area contributed by atoms with Crippen molar-refractivity contribution in [1.82, 2.24) is 0 Å². The van der Waals surface area contributed by atoms with Gasteiger partial charge in [-0.15, -0.1) is 0 Å². The molecule has 0 atom stereocenters. The molecule has 0 aliphatic carbocycles. The summed E-state index contributed by atoms with van der Waals surface area (Å²) >= 11 is 0. The second-order valence-corrected chi connectivity index (χ2v) is 4.26. The highest BCUT2D eigenvalue weighted by atomic mass is 15.1. The van der Waals surface area contributed by atoms with Crippen LogP contribution >= 0.6 is 0 Å². The van der Waals surface area contributed by atoms with Gasteiger partial charge in [0.15, 0.2) is 0 Å². The van der Waals surface area contributed by atoms with Gasteiger partial charge in [0.25, 0.3) is 0 Å². The van der Waals surface area contributed by atoms with E-state index in [0.717, 1.165) is 6.54 Å². The SMILES string of the molecule is CC.CC.CN1CC(C)(C)c2ccccc21. The minimum absolute atomic E-state index is 0.325. The molecule has 0 unspecified atom stereocenters. The van der Waals surface area contributed by atoms with Crippen molar-refractivity contribution in [2.45, 2.75) is 47.0 Å². The van der Waals surface area contributed by atoms with Crippen molar-refractivity contribution in [2.75, 3.05) is 18.5 Å². The normalized spacial score (nSPS) is 15.3. The Morgan fingerprint density at radius 2 is 1.50 bits per heavy atom. The Morgan fingerprint density at radius 3 is 2.00 bits per heavy atom. The lowest BCUT2D eigenvalue weighted by Gasteiger charge is -2.18. The molecule has 0 spiro atoms. The molecule has 1 aromatic carbocycles. The molecule has 0 radical (unpaired) electrons. The van der Waals surface area contributed by atoms with Gasteiger partial charge in [-0.1, -0.05) is 59.7 Å². The molecule has 0 N–H and O–H groups in total. The number of hydrogen-bond donors (Lipinski definition) is 0. The van der Waals surface area contributed by atoms with E-state index in [1.54, 1.807) is 0 Å². The lowest BCUT2D eigenvalue weighted by molar-refractivity contribution is 0.563. The van der Waals surface area contributed by atoms with Crippen LogP contribution < -0.4 is 4.90 Å². The van der Waals surface area contributed by atoms with Gasteiger partial charge in [-0.3, -0.25) is 0 Å². The number of hydrogen-bond acceptors (Lipinski definition) is 1. The predicted molar refractivity (Wildman–Crippen MR) is 75.4 cm³/mol. The van der Waals surface area contributed by atoms with Gasteiger partial charge in [-0.05, 0) is 11.6 Å². The van der Waals surface area contributed by atoms with Crippen LogP contribution in [0, 0.1) is 0 Å². The molecule has 16 heavy (non-hydrogen) atoms. The van der Waals surface area contributed by atoms with Crippen molar-refractivity contribution in [3.8, 4) is 0 Å². The Balaban J connectivity index is 0.000000509. The van der Waals surface area contributed by atoms with Crippen LogP contribution in [-0.2, 0) is 5.41 Å². The van der Waals surface area contributed by atoms with E-state index in [1.165, 1.54) is 11.3 Å². The number of anilines is 1. The molecule has 0 fully saturated rings. The number of likely N-dealkylation sites (N-methyl/N-ethyl adjacent to an activating group) is 1. The first-order valence-corrected chi connectivity index (χ1v) is 6.42. The quantitative estimate of drug-likeness (QED) is 0.625. The van der Waals surface area contributed by atoms with Crippen molar-refractivity contribution >= 4 is 5.69 Å². The van der Waals surface area contributed by atoms with Crippen LogP contribution in [0.1, 0.15) is 47.1 Å². The van der Waals surface area contributed by atoms with Gasteiger partial charge in [-0.2, -0.15) is 0 Å². The molecule has 2 rings (SSSR count). The van der Waals surface area contributed by atoms with Crippen LogP contribution in [0.4, 0.5) is 5.69 Å². The summed E-state index contributed by atoms with van der Waals surface area (Å²) in [6.45, 7) is 13.7. The second-order valence-electron chi connectivity index (χ2n) is 4.26. The summed E-state index contributed by atoms with van der Waals surface area (Å²) in [7, 11) is 2.16. The van der Waals surface area contributed by atoms with Crippen molar-refractivity contribution in [2.24, 2.45) is 0 Å². The van der Waals surface area contributed by atoms with E-state index in [1.807, 2.05) is 27.7 Å². The molecule has 1 heteroatoms. The van der Waals surface area contributed by atoms with Crippen LogP contribution in [0.25, 0.3) is 0 Å². The van der Waals surface area contributed by atoms with Crippen molar-refractivity contribution in [3.05, 3.63) is 29.8 Å². The highest BCUT2D eigenvalue weighted by Gasteiger charge is 2.32. The fraction of sp³-hybridized carbons (Fsp3) is 0.600. The first kappa shape index (κ1) is 15.0. The Morgan fingerprint density at radius 1 is 1.00 bits per heavy atom. The molecule has 1 aliphatic heterocycles. The standard InChI is InChI=1S/C11H15N.2C2H6/c1-11(2)8-12(3)10-7-5-4-6-9(10)11;2*1-2/h4-7H,8H2,1-3H3;2*1-2H3. The maximum Gasteiger partial charge on any atom is 0.0402 e. The van der Waals surface area contributed by atoms with Gasteiger partial charge in [0.05, 0.1) is 0 Å². The van der Waals surface area contributed by atoms with E-state index >= 15 is 0 Å². The fourth-order valence-corrected chi connectivity index (χ4v) is 2.14. The summed E-state index contributed by atoms with van der Waals surface area (Å²) < 4.78 is 0. The molecular weight excluding hydrogens is 194 g/mol. The molecule has 0 saturated carbocycles. The number of rotatable bonds is 0. The number of para-hydroxylation sites is 1. The van der Waals surface area contributed by atoms with Crippen LogP contribution in [0.15, 0.2) is 24.3 Å². The van der Waals surface area contributed by atoms with E-state index in [0.29, 0.717) is 5.41 Å². The third-order valence-electron chi connectivity index (χ3n) is 2.68. The van der Waals surface area contributed by atoms with E-state index < -0.39 is 0 Å². The Bertz CT molecular complexity index is 302. The van der Waals surface area contributed by atoms with Crippen molar-refractivity contribution in [1.29, 1.82) is 0 Å². The van der Waals surface area contributed by atoms with E-state index in [2.05, 4.69) is 50.1 Å². The Labute approximate surface area is 101 Å². The first-order chi connectivity index (χ1) is 7.61. The smallest absolute Gasteiger partial charge is 0.0402 e. The summed E-state index contributed by atoms with van der Waals surface area (Å²) in [5.41, 5.74) is 3.20. The van der Waals surface area contributed by atoms with Gasteiger partial charge in [0, 0.05) is 24.7 Å². The van der Waals surface area contributed by atoms with Crippen LogP contribution in [0.5, 0.6) is 0 Å². The van der Waals surface area contributed by atoms with Gasteiger partial charge in [0.2, 0.25) is 0 Å². The monoisotopic (exact) mass is 221 g/mol. The summed E-state index contributed by atoms with van der Waals surface area (Å²) in [6, 6.07) is 8.67. The summed E-state index contributed by atoms with van der Waals surface area (Å²) in [4.78, 5) is 2.33. The zero-order valence-corrected chi connectivity index (χ0v) is 12.0. The Hall–Kier alpha value is -0.980. The lowest BCUT2D eigenvalue weighted by atomic mass is 9.87. The molecule has 1 aromatic rings. The van der Waals surface area contributed by atoms with Gasteiger partial charge in [0.1, 0.15) is 0 Å². The van der Waals surface area contributed by atoms with Crippen molar-refractivity contribution < 1.29 is 0 Å². The highest BCUT2D eigenvalue weighted by Crippen LogP contribution is 2.38. The summed E-state index contributed by atoms with van der Waals surface area (Å²) in [6.07, 6.45) is 0. The average Bonchev–Trinajstić information content (AvgIpc) is 2.56. The minimum Gasteiger partial charge on any atom is -0.373 e. The van der Waals surface area contributed by atoms with Crippen LogP contribution in [0.2, 0.25) is 0 Å². The summed E-state index contributed by atoms with van der Waals surface area (Å²) in [5, 5.41) is 0. The molecule has 0 aromatic heterocycles. The summed E-state index contributed by atoms with van der Waals surface area (Å²) in [5.74, 6) is 0. The fourth-order valence-electron chi connectivity index (χ4n) is 2.14. The molecular formula is C15H27N. The lowest BCUT2D eigenvalue weighted by Crippen LogP contribution is -2.24. The predicted octanol–water partition coefficient (Wildman–Crippen LogP) is 4.47. The third-order valence-corrected chi connectivity index (χ3v) is 2.68. The maximum atomic E-state index is 2.33. The van der Waals surface area contributed by atoms with Crippen molar-refractivity contribution in [3.63, 3.8) is 0 Å². The van der Waals surface area contributed by atoms with E-state index in [9.17, 15) is 0 Å². The second kappa shape index (κ2) is 6.57. The minimum atomic E-state index is 0.325. The average molecular weight is 221 g/mol.